The highest BCUT2D eigenvalue weighted by Gasteiger charge is 2.44. The molecule has 2 nitrogen and oxygen atoms in total. The molecule has 4 rings (SSSR count). The van der Waals surface area contributed by atoms with Gasteiger partial charge in [-0.2, -0.15) is 0 Å². The molecule has 2 unspecified atom stereocenters. The van der Waals surface area contributed by atoms with Gasteiger partial charge in [0.15, 0.2) is 0 Å². The molecule has 3 aliphatic rings. The highest BCUT2D eigenvalue weighted by atomic mass is 32.2. The van der Waals surface area contributed by atoms with Crippen molar-refractivity contribution in [3.63, 3.8) is 0 Å². The van der Waals surface area contributed by atoms with E-state index < -0.39 is 0 Å². The first-order valence-corrected chi connectivity index (χ1v) is 10.2. The first kappa shape index (κ1) is 16.5. The maximum atomic E-state index is 6.33. The van der Waals surface area contributed by atoms with E-state index in [-0.39, 0.29) is 11.5 Å². The lowest BCUT2D eigenvalue weighted by Crippen LogP contribution is -2.48. The van der Waals surface area contributed by atoms with Crippen LogP contribution in [0.3, 0.4) is 0 Å². The number of benzene rings is 1. The fraction of sp³-hybridized carbons (Fsp3) is 0.619. The van der Waals surface area contributed by atoms with Crippen LogP contribution in [-0.2, 0) is 10.2 Å². The molecule has 0 amide bonds. The van der Waals surface area contributed by atoms with Gasteiger partial charge in [0.05, 0.1) is 6.10 Å². The lowest BCUT2D eigenvalue weighted by molar-refractivity contribution is -0.0385. The third-order valence-corrected chi connectivity index (χ3v) is 7.22. The quantitative estimate of drug-likeness (QED) is 0.726. The molecule has 5 atom stereocenters. The maximum absolute atomic E-state index is 6.33. The van der Waals surface area contributed by atoms with Crippen molar-refractivity contribution in [2.75, 3.05) is 11.9 Å². The number of anilines is 1. The second kappa shape index (κ2) is 6.10. The van der Waals surface area contributed by atoms with Crippen LogP contribution in [0.25, 0.3) is 0 Å². The van der Waals surface area contributed by atoms with Crippen molar-refractivity contribution in [3.8, 4) is 0 Å². The van der Waals surface area contributed by atoms with Crippen LogP contribution >= 0.6 is 11.8 Å². The van der Waals surface area contributed by atoms with E-state index in [0.717, 1.165) is 6.61 Å². The Balaban J connectivity index is 1.72. The summed E-state index contributed by atoms with van der Waals surface area (Å²) in [6.07, 6.45) is 5.07. The highest BCUT2D eigenvalue weighted by molar-refractivity contribution is 8.03. The maximum Gasteiger partial charge on any atom is 0.0893 e. The molecule has 0 bridgehead atoms. The zero-order valence-corrected chi connectivity index (χ0v) is 16.0. The zero-order valence-electron chi connectivity index (χ0n) is 15.2. The first-order chi connectivity index (χ1) is 11.4. The number of allylic oxidation sites excluding steroid dienone is 1. The van der Waals surface area contributed by atoms with Crippen LogP contribution in [0.15, 0.2) is 29.7 Å². The molecule has 1 N–H and O–H groups in total. The van der Waals surface area contributed by atoms with Crippen LogP contribution in [0.1, 0.15) is 57.8 Å². The van der Waals surface area contributed by atoms with Crippen molar-refractivity contribution in [3.05, 3.63) is 40.8 Å². The Morgan fingerprint density at radius 2 is 2.08 bits per heavy atom. The smallest absolute Gasteiger partial charge is 0.0893 e. The summed E-state index contributed by atoms with van der Waals surface area (Å²) >= 11 is 2.00. The van der Waals surface area contributed by atoms with Gasteiger partial charge < -0.3 is 10.1 Å². The number of ether oxygens (including phenoxy) is 1. The molecule has 130 valence electrons. The molecule has 3 heteroatoms. The molecule has 3 aliphatic heterocycles. The molecule has 1 fully saturated rings. The Morgan fingerprint density at radius 1 is 1.25 bits per heavy atom. The van der Waals surface area contributed by atoms with Gasteiger partial charge >= 0.3 is 0 Å². The van der Waals surface area contributed by atoms with Gasteiger partial charge in [0, 0.05) is 35.1 Å². The van der Waals surface area contributed by atoms with Gasteiger partial charge in [-0.15, -0.1) is 11.8 Å². The third-order valence-electron chi connectivity index (χ3n) is 5.87. The molecule has 24 heavy (non-hydrogen) atoms. The Morgan fingerprint density at radius 3 is 2.79 bits per heavy atom. The van der Waals surface area contributed by atoms with E-state index >= 15 is 0 Å². The van der Waals surface area contributed by atoms with Crippen LogP contribution in [-0.4, -0.2) is 17.9 Å². The van der Waals surface area contributed by atoms with Crippen molar-refractivity contribution in [1.29, 1.82) is 0 Å². The van der Waals surface area contributed by atoms with Crippen molar-refractivity contribution in [1.82, 2.24) is 0 Å². The molecule has 1 saturated heterocycles. The van der Waals surface area contributed by atoms with E-state index in [4.69, 9.17) is 4.74 Å². The Kier molecular flexibility index (Phi) is 4.20. The van der Waals surface area contributed by atoms with Crippen LogP contribution in [0, 0.1) is 11.8 Å². The fourth-order valence-corrected chi connectivity index (χ4v) is 5.70. The number of nitrogens with one attached hydrogen (secondary N) is 1. The summed E-state index contributed by atoms with van der Waals surface area (Å²) in [6, 6.07) is 7.47. The van der Waals surface area contributed by atoms with Gasteiger partial charge in [-0.05, 0) is 41.2 Å². The Hall–Kier alpha value is -0.930. The molecule has 0 aliphatic carbocycles. The standard InChI is InChI=1S/C21H29NOS/c1-13-9-11-24-20(13)18-15-6-5-10-23-19(15)16-12-14(21(2,3)4)7-8-17(16)22-18/h7-9,11-13,15,18-20,22H,5-6,10H2,1-4H3/t13?,15-,18?,19-,20+/m0/s1. The predicted molar refractivity (Wildman–Crippen MR) is 104 cm³/mol. The van der Waals surface area contributed by atoms with Crippen molar-refractivity contribution >= 4 is 17.4 Å². The van der Waals surface area contributed by atoms with Gasteiger partial charge in [-0.3, -0.25) is 0 Å². The molecular weight excluding hydrogens is 314 g/mol. The summed E-state index contributed by atoms with van der Waals surface area (Å²) in [5.74, 6) is 1.21. The normalized spacial score (nSPS) is 35.2. The lowest BCUT2D eigenvalue weighted by atomic mass is 9.75. The van der Waals surface area contributed by atoms with Crippen LogP contribution in [0.4, 0.5) is 5.69 Å². The van der Waals surface area contributed by atoms with Gasteiger partial charge in [0.2, 0.25) is 0 Å². The number of thioether (sulfide) groups is 1. The highest BCUT2D eigenvalue weighted by Crippen LogP contribution is 2.49. The first-order valence-electron chi connectivity index (χ1n) is 9.30. The number of rotatable bonds is 1. The van der Waals surface area contributed by atoms with Crippen molar-refractivity contribution < 1.29 is 4.74 Å². The summed E-state index contributed by atoms with van der Waals surface area (Å²) in [4.78, 5) is 0. The average molecular weight is 344 g/mol. The molecule has 1 aromatic rings. The average Bonchev–Trinajstić information content (AvgIpc) is 2.98. The minimum absolute atomic E-state index is 0.176. The van der Waals surface area contributed by atoms with E-state index in [9.17, 15) is 0 Å². The van der Waals surface area contributed by atoms with Gasteiger partial charge in [0.1, 0.15) is 0 Å². The van der Waals surface area contributed by atoms with E-state index in [0.29, 0.717) is 23.1 Å². The van der Waals surface area contributed by atoms with E-state index in [2.05, 4.69) is 62.7 Å². The number of hydrogen-bond donors (Lipinski definition) is 1. The van der Waals surface area contributed by atoms with Crippen LogP contribution in [0.5, 0.6) is 0 Å². The van der Waals surface area contributed by atoms with Crippen LogP contribution in [0.2, 0.25) is 0 Å². The summed E-state index contributed by atoms with van der Waals surface area (Å²) in [5, 5.41) is 6.81. The predicted octanol–water partition coefficient (Wildman–Crippen LogP) is 5.51. The molecule has 0 radical (unpaired) electrons. The zero-order chi connectivity index (χ0) is 16.9. The fourth-order valence-electron chi connectivity index (χ4n) is 4.41. The van der Waals surface area contributed by atoms with Gasteiger partial charge in [0.25, 0.3) is 0 Å². The van der Waals surface area contributed by atoms with E-state index in [1.165, 1.54) is 29.7 Å². The van der Waals surface area contributed by atoms with E-state index in [1.807, 2.05) is 11.8 Å². The second-order valence-electron chi connectivity index (χ2n) is 8.61. The lowest BCUT2D eigenvalue weighted by Gasteiger charge is -2.46. The Labute approximate surface area is 150 Å². The molecule has 3 heterocycles. The van der Waals surface area contributed by atoms with E-state index in [1.54, 1.807) is 0 Å². The summed E-state index contributed by atoms with van der Waals surface area (Å²) in [5.41, 5.74) is 4.25. The molecule has 0 saturated carbocycles. The molecular formula is C21H29NOS. The van der Waals surface area contributed by atoms with Crippen molar-refractivity contribution in [2.24, 2.45) is 11.8 Å². The minimum Gasteiger partial charge on any atom is -0.380 e. The third kappa shape index (κ3) is 2.80. The molecule has 0 spiro atoms. The number of fused-ring (bicyclic) bond motifs is 3. The largest absolute Gasteiger partial charge is 0.380 e. The number of hydrogen-bond acceptors (Lipinski definition) is 3. The summed E-state index contributed by atoms with van der Waals surface area (Å²) in [6.45, 7) is 10.1. The topological polar surface area (TPSA) is 21.3 Å². The monoisotopic (exact) mass is 343 g/mol. The van der Waals surface area contributed by atoms with Crippen molar-refractivity contribution in [2.45, 2.75) is 63.3 Å². The van der Waals surface area contributed by atoms with Crippen LogP contribution < -0.4 is 5.32 Å². The Bertz CT molecular complexity index is 648. The van der Waals surface area contributed by atoms with Gasteiger partial charge in [-0.1, -0.05) is 45.9 Å². The molecule has 1 aromatic carbocycles. The minimum atomic E-state index is 0.176. The summed E-state index contributed by atoms with van der Waals surface area (Å²) < 4.78 is 6.33. The molecule has 0 aromatic heterocycles. The van der Waals surface area contributed by atoms with Gasteiger partial charge in [-0.25, -0.2) is 0 Å². The SMILES string of the molecule is CC1C=CS[C@H]1C1Nc2ccc(C(C)(C)C)cc2[C@H]2OCCC[C@@H]12. The second-order valence-corrected chi connectivity index (χ2v) is 9.70. The summed E-state index contributed by atoms with van der Waals surface area (Å²) in [7, 11) is 0.